The zero-order valence-corrected chi connectivity index (χ0v) is 40.6. The highest BCUT2D eigenvalue weighted by Gasteiger charge is 2.23. The lowest BCUT2D eigenvalue weighted by atomic mass is 10.0. The predicted molar refractivity (Wildman–Crippen MR) is 252 cm³/mol. The minimum atomic E-state index is -4.59. The molecule has 0 aromatic carbocycles. The minimum Gasteiger partial charge on any atom is -0.756 e. The second-order valence-corrected chi connectivity index (χ2v) is 19.9. The van der Waals surface area contributed by atoms with Crippen molar-refractivity contribution in [3.05, 3.63) is 24.3 Å². The van der Waals surface area contributed by atoms with E-state index < -0.39 is 20.0 Å². The first-order valence-corrected chi connectivity index (χ1v) is 26.7. The number of aliphatic hydroxyl groups is 1. The number of quaternary nitrogens is 1. The van der Waals surface area contributed by atoms with E-state index in [0.29, 0.717) is 17.4 Å². The molecule has 0 saturated heterocycles. The summed E-state index contributed by atoms with van der Waals surface area (Å²) in [7, 11) is 1.25. The van der Waals surface area contributed by atoms with Crippen molar-refractivity contribution < 1.29 is 32.9 Å². The van der Waals surface area contributed by atoms with E-state index in [-0.39, 0.29) is 19.1 Å². The third-order valence-electron chi connectivity index (χ3n) is 11.4. The van der Waals surface area contributed by atoms with Gasteiger partial charge in [0.05, 0.1) is 39.9 Å². The number of likely N-dealkylation sites (N-methyl/N-ethyl adjacent to an activating group) is 1. The first kappa shape index (κ1) is 58.0. The van der Waals surface area contributed by atoms with Crippen LogP contribution in [0.25, 0.3) is 0 Å². The second kappa shape index (κ2) is 42.3. The fourth-order valence-electron chi connectivity index (χ4n) is 7.41. The second-order valence-electron chi connectivity index (χ2n) is 18.5. The molecule has 0 saturated carbocycles. The summed E-state index contributed by atoms with van der Waals surface area (Å²) in [4.78, 5) is 25.4. The van der Waals surface area contributed by atoms with Gasteiger partial charge in [-0.1, -0.05) is 224 Å². The van der Waals surface area contributed by atoms with Crippen molar-refractivity contribution in [3.8, 4) is 0 Å². The molecule has 0 aliphatic rings. The summed E-state index contributed by atoms with van der Waals surface area (Å²) in [5.41, 5.74) is 0. The zero-order valence-electron chi connectivity index (χ0n) is 39.7. The number of hydrogen-bond donors (Lipinski definition) is 2. The molecule has 0 heterocycles. The Balaban J connectivity index is 4.25. The minimum absolute atomic E-state index is 0.00411. The standard InChI is InChI=1S/C50H99N2O6P/c1-6-8-10-12-14-16-18-20-22-23-24-25-26-27-28-29-30-32-34-36-38-40-42-44-50(54)51-48(47-58-59(55,56)57-46-45-52(3,4)5)49(53)43-41-39-37-35-33-31-21-19-17-15-13-11-9-7-2/h33,35,41,43,48-49,53H,6-32,34,36-40,42,44-47H2,1-5H3,(H-,51,54,55,56)/b35-33+,43-41+/t48-,49+/m0/s1. The topological polar surface area (TPSA) is 108 Å². The summed E-state index contributed by atoms with van der Waals surface area (Å²) in [5.74, 6) is -0.204. The van der Waals surface area contributed by atoms with Gasteiger partial charge in [-0.25, -0.2) is 0 Å². The molecule has 0 rings (SSSR count). The molecule has 2 N–H and O–H groups in total. The zero-order chi connectivity index (χ0) is 43.6. The molecule has 1 unspecified atom stereocenters. The van der Waals surface area contributed by atoms with Crippen LogP contribution in [-0.4, -0.2) is 68.5 Å². The van der Waals surface area contributed by atoms with Gasteiger partial charge in [-0.2, -0.15) is 0 Å². The van der Waals surface area contributed by atoms with Crippen LogP contribution in [0.4, 0.5) is 0 Å². The average molecular weight is 855 g/mol. The number of phosphoric acid groups is 1. The van der Waals surface area contributed by atoms with Crippen LogP contribution in [0.5, 0.6) is 0 Å². The molecular formula is C50H99N2O6P. The molecule has 0 aromatic rings. The van der Waals surface area contributed by atoms with Gasteiger partial charge < -0.3 is 28.8 Å². The van der Waals surface area contributed by atoms with E-state index in [4.69, 9.17) is 9.05 Å². The number of allylic oxidation sites excluding steroid dienone is 3. The van der Waals surface area contributed by atoms with Gasteiger partial charge in [-0.15, -0.1) is 0 Å². The maximum Gasteiger partial charge on any atom is 0.268 e. The third kappa shape index (κ3) is 44.8. The molecule has 0 aromatic heterocycles. The fraction of sp³-hybridized carbons (Fsp3) is 0.900. The molecule has 8 nitrogen and oxygen atoms in total. The Bertz CT molecular complexity index is 1020. The first-order chi connectivity index (χ1) is 28.5. The Hall–Kier alpha value is -1.02. The van der Waals surface area contributed by atoms with Crippen molar-refractivity contribution in [2.24, 2.45) is 0 Å². The number of nitrogens with zero attached hydrogens (tertiary/aromatic N) is 1. The van der Waals surface area contributed by atoms with Crippen LogP contribution >= 0.6 is 7.82 Å². The number of hydrogen-bond acceptors (Lipinski definition) is 6. The number of amides is 1. The number of carbonyl (C=O) groups excluding carboxylic acids is 1. The molecule has 350 valence electrons. The maximum absolute atomic E-state index is 12.9. The van der Waals surface area contributed by atoms with Crippen LogP contribution in [0, 0.1) is 0 Å². The van der Waals surface area contributed by atoms with Crippen LogP contribution < -0.4 is 10.2 Å². The van der Waals surface area contributed by atoms with E-state index >= 15 is 0 Å². The van der Waals surface area contributed by atoms with Crippen LogP contribution in [-0.2, 0) is 18.4 Å². The van der Waals surface area contributed by atoms with Crippen LogP contribution in [0.3, 0.4) is 0 Å². The summed E-state index contributed by atoms with van der Waals surface area (Å²) in [5, 5.41) is 13.8. The monoisotopic (exact) mass is 855 g/mol. The number of aliphatic hydroxyl groups excluding tert-OH is 1. The largest absolute Gasteiger partial charge is 0.756 e. The number of unbranched alkanes of at least 4 members (excludes halogenated alkanes) is 31. The van der Waals surface area contributed by atoms with Gasteiger partial charge in [0.15, 0.2) is 0 Å². The number of rotatable bonds is 46. The van der Waals surface area contributed by atoms with Gasteiger partial charge in [0.1, 0.15) is 13.2 Å². The molecule has 59 heavy (non-hydrogen) atoms. The van der Waals surface area contributed by atoms with E-state index in [9.17, 15) is 19.4 Å². The van der Waals surface area contributed by atoms with Crippen molar-refractivity contribution in [2.75, 3.05) is 40.9 Å². The normalized spacial score (nSPS) is 14.4. The molecular weight excluding hydrogens is 756 g/mol. The lowest BCUT2D eigenvalue weighted by molar-refractivity contribution is -0.870. The molecule has 0 aliphatic heterocycles. The average Bonchev–Trinajstić information content (AvgIpc) is 3.19. The quantitative estimate of drug-likeness (QED) is 0.0273. The SMILES string of the molecule is CCCCCCCCCC/C=C/CC/C=C/[C@@H](O)[C@H](COP(=O)([O-])OCC[N+](C)(C)C)NC(=O)CCCCCCCCCCCCCCCCCCCCCCCCC. The predicted octanol–water partition coefficient (Wildman–Crippen LogP) is 13.8. The van der Waals surface area contributed by atoms with Crippen LogP contribution in [0.1, 0.15) is 239 Å². The van der Waals surface area contributed by atoms with E-state index in [0.717, 1.165) is 38.5 Å². The summed E-state index contributed by atoms with van der Waals surface area (Å²) < 4.78 is 23.2. The Morgan fingerprint density at radius 2 is 0.949 bits per heavy atom. The van der Waals surface area contributed by atoms with Crippen molar-refractivity contribution in [2.45, 2.75) is 251 Å². The molecule has 0 radical (unpaired) electrons. The molecule has 0 fully saturated rings. The lowest BCUT2D eigenvalue weighted by Gasteiger charge is -2.29. The number of nitrogens with one attached hydrogen (secondary N) is 1. The maximum atomic E-state index is 12.9. The molecule has 0 spiro atoms. The Morgan fingerprint density at radius 1 is 0.576 bits per heavy atom. The van der Waals surface area contributed by atoms with Gasteiger partial charge in [0.25, 0.3) is 7.82 Å². The summed E-state index contributed by atoms with van der Waals surface area (Å²) in [6.45, 7) is 4.64. The lowest BCUT2D eigenvalue weighted by Crippen LogP contribution is -2.45. The highest BCUT2D eigenvalue weighted by Crippen LogP contribution is 2.38. The summed E-state index contributed by atoms with van der Waals surface area (Å²) >= 11 is 0. The van der Waals surface area contributed by atoms with Gasteiger partial charge in [0, 0.05) is 6.42 Å². The van der Waals surface area contributed by atoms with Crippen LogP contribution in [0.15, 0.2) is 24.3 Å². The van der Waals surface area contributed by atoms with Crippen molar-refractivity contribution >= 4 is 13.7 Å². The van der Waals surface area contributed by atoms with Crippen LogP contribution in [0.2, 0.25) is 0 Å². The van der Waals surface area contributed by atoms with E-state index in [1.54, 1.807) is 6.08 Å². The molecule has 9 heteroatoms. The summed E-state index contributed by atoms with van der Waals surface area (Å²) in [6.07, 6.45) is 51.0. The summed E-state index contributed by atoms with van der Waals surface area (Å²) in [6, 6.07) is -0.898. The fourth-order valence-corrected chi connectivity index (χ4v) is 8.13. The van der Waals surface area contributed by atoms with Crippen molar-refractivity contribution in [3.63, 3.8) is 0 Å². The highest BCUT2D eigenvalue weighted by atomic mass is 31.2. The van der Waals surface area contributed by atoms with Gasteiger partial charge in [-0.3, -0.25) is 9.36 Å². The Morgan fingerprint density at radius 3 is 1.37 bits per heavy atom. The van der Waals surface area contributed by atoms with Crippen molar-refractivity contribution in [1.29, 1.82) is 0 Å². The number of carbonyl (C=O) groups is 1. The molecule has 0 bridgehead atoms. The van der Waals surface area contributed by atoms with Gasteiger partial charge in [-0.05, 0) is 32.1 Å². The van der Waals surface area contributed by atoms with Gasteiger partial charge in [0.2, 0.25) is 5.91 Å². The third-order valence-corrected chi connectivity index (χ3v) is 12.4. The van der Waals surface area contributed by atoms with Gasteiger partial charge >= 0.3 is 0 Å². The first-order valence-electron chi connectivity index (χ1n) is 25.2. The van der Waals surface area contributed by atoms with E-state index in [2.05, 4.69) is 31.3 Å². The van der Waals surface area contributed by atoms with E-state index in [1.165, 1.54) is 180 Å². The Kier molecular flexibility index (Phi) is 41.6. The van der Waals surface area contributed by atoms with E-state index in [1.807, 2.05) is 27.2 Å². The smallest absolute Gasteiger partial charge is 0.268 e. The highest BCUT2D eigenvalue weighted by molar-refractivity contribution is 7.45. The Labute approximate surface area is 366 Å². The molecule has 3 atom stereocenters. The number of phosphoric ester groups is 1. The molecule has 0 aliphatic carbocycles. The van der Waals surface area contributed by atoms with Crippen molar-refractivity contribution in [1.82, 2.24) is 5.32 Å². The molecule has 1 amide bonds.